The molecular formula is C18H18ClN3O. The molecule has 0 saturated carbocycles. The molecular weight excluding hydrogens is 310 g/mol. The van der Waals surface area contributed by atoms with E-state index >= 15 is 0 Å². The lowest BCUT2D eigenvalue weighted by molar-refractivity contribution is 0.102. The second kappa shape index (κ2) is 6.05. The van der Waals surface area contributed by atoms with Gasteiger partial charge in [-0.3, -0.25) is 4.79 Å². The predicted molar refractivity (Wildman–Crippen MR) is 93.4 cm³/mol. The summed E-state index contributed by atoms with van der Waals surface area (Å²) < 4.78 is 1.96. The number of fused-ring (bicyclic) bond motifs is 1. The molecule has 5 heteroatoms. The molecule has 0 atom stereocenters. The van der Waals surface area contributed by atoms with Crippen LogP contribution in [0.1, 0.15) is 34.2 Å². The number of pyridine rings is 1. The van der Waals surface area contributed by atoms with Gasteiger partial charge < -0.3 is 9.72 Å². The predicted octanol–water partition coefficient (Wildman–Crippen LogP) is 4.42. The number of halogens is 1. The van der Waals surface area contributed by atoms with Crippen molar-refractivity contribution >= 4 is 28.8 Å². The Morgan fingerprint density at radius 1 is 1.26 bits per heavy atom. The summed E-state index contributed by atoms with van der Waals surface area (Å²) in [5.74, 6) is -0.164. The highest BCUT2D eigenvalue weighted by atomic mass is 35.5. The van der Waals surface area contributed by atoms with Crippen LogP contribution in [0.3, 0.4) is 0 Å². The molecule has 0 unspecified atom stereocenters. The fourth-order valence-electron chi connectivity index (χ4n) is 2.62. The van der Waals surface area contributed by atoms with E-state index in [-0.39, 0.29) is 5.91 Å². The Labute approximate surface area is 140 Å². The summed E-state index contributed by atoms with van der Waals surface area (Å²) in [7, 11) is 0. The van der Waals surface area contributed by atoms with E-state index in [0.29, 0.717) is 10.6 Å². The quantitative estimate of drug-likeness (QED) is 0.774. The number of nitrogens with zero attached hydrogens (tertiary/aromatic N) is 2. The van der Waals surface area contributed by atoms with Gasteiger partial charge in [0.05, 0.1) is 11.3 Å². The lowest BCUT2D eigenvalue weighted by atomic mass is 10.2. The van der Waals surface area contributed by atoms with Gasteiger partial charge in [-0.25, -0.2) is 4.98 Å². The van der Waals surface area contributed by atoms with E-state index in [2.05, 4.69) is 17.2 Å². The smallest absolute Gasteiger partial charge is 0.257 e. The number of aromatic nitrogens is 2. The molecule has 0 saturated heterocycles. The van der Waals surface area contributed by atoms with Crippen molar-refractivity contribution in [3.63, 3.8) is 0 Å². The third-order valence-corrected chi connectivity index (χ3v) is 4.48. The maximum atomic E-state index is 12.5. The number of carbonyl (C=O) groups is 1. The highest BCUT2D eigenvalue weighted by molar-refractivity contribution is 6.31. The number of aryl methyl sites for hydroxylation is 2. The third-order valence-electron chi connectivity index (χ3n) is 4.07. The summed E-state index contributed by atoms with van der Waals surface area (Å²) in [6, 6.07) is 9.12. The zero-order valence-electron chi connectivity index (χ0n) is 13.4. The SMILES string of the molecule is CCc1nc2ccc(C(=O)Nc3cccc(Cl)c3C)cn2c1C. The summed E-state index contributed by atoms with van der Waals surface area (Å²) in [6.45, 7) is 5.97. The molecule has 1 aromatic carbocycles. The average molecular weight is 328 g/mol. The lowest BCUT2D eigenvalue weighted by Crippen LogP contribution is -2.13. The summed E-state index contributed by atoms with van der Waals surface area (Å²) in [5, 5.41) is 3.55. The van der Waals surface area contributed by atoms with E-state index in [0.717, 1.165) is 34.7 Å². The van der Waals surface area contributed by atoms with Gasteiger partial charge in [0, 0.05) is 22.6 Å². The Bertz CT molecular complexity index is 899. The maximum Gasteiger partial charge on any atom is 0.257 e. The summed E-state index contributed by atoms with van der Waals surface area (Å²) >= 11 is 6.10. The molecule has 4 nitrogen and oxygen atoms in total. The van der Waals surface area contributed by atoms with Crippen LogP contribution < -0.4 is 5.32 Å². The van der Waals surface area contributed by atoms with Crippen molar-refractivity contribution in [2.45, 2.75) is 27.2 Å². The van der Waals surface area contributed by atoms with Crippen molar-refractivity contribution in [3.05, 3.63) is 64.1 Å². The minimum absolute atomic E-state index is 0.164. The summed E-state index contributed by atoms with van der Waals surface area (Å²) in [4.78, 5) is 17.1. The average Bonchev–Trinajstić information content (AvgIpc) is 2.87. The van der Waals surface area contributed by atoms with Crippen LogP contribution in [0.5, 0.6) is 0 Å². The number of carbonyl (C=O) groups excluding carboxylic acids is 1. The van der Waals surface area contributed by atoms with Crippen LogP contribution in [-0.4, -0.2) is 15.3 Å². The highest BCUT2D eigenvalue weighted by Gasteiger charge is 2.12. The number of anilines is 1. The minimum atomic E-state index is -0.164. The lowest BCUT2D eigenvalue weighted by Gasteiger charge is -2.10. The third kappa shape index (κ3) is 2.82. The molecule has 0 radical (unpaired) electrons. The second-order valence-corrected chi connectivity index (χ2v) is 5.92. The topological polar surface area (TPSA) is 46.4 Å². The van der Waals surface area contributed by atoms with Crippen molar-refractivity contribution in [2.75, 3.05) is 5.32 Å². The van der Waals surface area contributed by atoms with Gasteiger partial charge >= 0.3 is 0 Å². The Morgan fingerprint density at radius 2 is 2.04 bits per heavy atom. The minimum Gasteiger partial charge on any atom is -0.322 e. The second-order valence-electron chi connectivity index (χ2n) is 5.51. The standard InChI is InChI=1S/C18H18ClN3O/c1-4-15-12(3)22-10-13(8-9-17(22)20-15)18(23)21-16-7-5-6-14(19)11(16)2/h5-10H,4H2,1-3H3,(H,21,23). The number of benzene rings is 1. The molecule has 0 aliphatic heterocycles. The van der Waals surface area contributed by atoms with E-state index in [9.17, 15) is 4.79 Å². The Morgan fingerprint density at radius 3 is 2.78 bits per heavy atom. The number of amides is 1. The van der Waals surface area contributed by atoms with Gasteiger partial charge in [-0.05, 0) is 50.1 Å². The van der Waals surface area contributed by atoms with E-state index in [4.69, 9.17) is 11.6 Å². The van der Waals surface area contributed by atoms with Gasteiger partial charge in [-0.1, -0.05) is 24.6 Å². The van der Waals surface area contributed by atoms with Crippen molar-refractivity contribution in [3.8, 4) is 0 Å². The van der Waals surface area contributed by atoms with Crippen LogP contribution in [0.15, 0.2) is 36.5 Å². The van der Waals surface area contributed by atoms with Crippen LogP contribution in [-0.2, 0) is 6.42 Å². The molecule has 0 spiro atoms. The molecule has 0 aliphatic carbocycles. The molecule has 0 fully saturated rings. The number of nitrogens with one attached hydrogen (secondary N) is 1. The molecule has 2 heterocycles. The molecule has 23 heavy (non-hydrogen) atoms. The van der Waals surface area contributed by atoms with E-state index in [1.165, 1.54) is 0 Å². The van der Waals surface area contributed by atoms with Crippen LogP contribution >= 0.6 is 11.6 Å². The molecule has 0 bridgehead atoms. The Hall–Kier alpha value is -2.33. The largest absolute Gasteiger partial charge is 0.322 e. The summed E-state index contributed by atoms with van der Waals surface area (Å²) in [6.07, 6.45) is 2.70. The zero-order valence-corrected chi connectivity index (χ0v) is 14.1. The first kappa shape index (κ1) is 15.6. The van der Waals surface area contributed by atoms with Crippen LogP contribution in [0.4, 0.5) is 5.69 Å². The van der Waals surface area contributed by atoms with Gasteiger partial charge in [-0.15, -0.1) is 0 Å². The zero-order chi connectivity index (χ0) is 16.6. The summed E-state index contributed by atoms with van der Waals surface area (Å²) in [5.41, 5.74) is 5.13. The normalized spacial score (nSPS) is 11.0. The number of rotatable bonds is 3. The first-order chi connectivity index (χ1) is 11.0. The van der Waals surface area contributed by atoms with Gasteiger partial charge in [0.1, 0.15) is 5.65 Å². The van der Waals surface area contributed by atoms with Crippen LogP contribution in [0.2, 0.25) is 5.02 Å². The molecule has 3 aromatic rings. The van der Waals surface area contributed by atoms with E-state index in [1.54, 1.807) is 12.1 Å². The van der Waals surface area contributed by atoms with Crippen molar-refractivity contribution in [1.29, 1.82) is 0 Å². The number of hydrogen-bond donors (Lipinski definition) is 1. The van der Waals surface area contributed by atoms with Crippen molar-refractivity contribution in [1.82, 2.24) is 9.38 Å². The fourth-order valence-corrected chi connectivity index (χ4v) is 2.79. The van der Waals surface area contributed by atoms with Crippen LogP contribution in [0.25, 0.3) is 5.65 Å². The van der Waals surface area contributed by atoms with Gasteiger partial charge in [0.2, 0.25) is 0 Å². The molecule has 118 valence electrons. The molecule has 2 aromatic heterocycles. The highest BCUT2D eigenvalue weighted by Crippen LogP contribution is 2.23. The number of imidazole rings is 1. The van der Waals surface area contributed by atoms with Gasteiger partial charge in [0.25, 0.3) is 5.91 Å². The molecule has 1 N–H and O–H groups in total. The first-order valence-electron chi connectivity index (χ1n) is 7.55. The van der Waals surface area contributed by atoms with Gasteiger partial charge in [-0.2, -0.15) is 0 Å². The molecule has 1 amide bonds. The van der Waals surface area contributed by atoms with Crippen molar-refractivity contribution < 1.29 is 4.79 Å². The van der Waals surface area contributed by atoms with E-state index < -0.39 is 0 Å². The Kier molecular flexibility index (Phi) is 4.09. The Balaban J connectivity index is 1.94. The molecule has 0 aliphatic rings. The van der Waals surface area contributed by atoms with Crippen molar-refractivity contribution in [2.24, 2.45) is 0 Å². The monoisotopic (exact) mass is 327 g/mol. The first-order valence-corrected chi connectivity index (χ1v) is 7.93. The number of hydrogen-bond acceptors (Lipinski definition) is 2. The molecule has 3 rings (SSSR count). The fraction of sp³-hybridized carbons (Fsp3) is 0.222. The van der Waals surface area contributed by atoms with Crippen LogP contribution in [0, 0.1) is 13.8 Å². The maximum absolute atomic E-state index is 12.5. The van der Waals surface area contributed by atoms with Gasteiger partial charge in [0.15, 0.2) is 0 Å². The van der Waals surface area contributed by atoms with E-state index in [1.807, 2.05) is 42.6 Å².